The average molecular weight is 365 g/mol. The Bertz CT molecular complexity index is 581. The first-order valence-corrected chi connectivity index (χ1v) is 9.77. The van der Waals surface area contributed by atoms with Crippen LogP contribution in [0.5, 0.6) is 0 Å². The molecular formula is C20H33FN4O. The van der Waals surface area contributed by atoms with Crippen molar-refractivity contribution in [2.75, 3.05) is 31.1 Å². The highest BCUT2D eigenvalue weighted by molar-refractivity contribution is 5.80. The van der Waals surface area contributed by atoms with E-state index >= 15 is 0 Å². The molecule has 1 aliphatic rings. The van der Waals surface area contributed by atoms with Crippen LogP contribution in [0.2, 0.25) is 0 Å². The van der Waals surface area contributed by atoms with Crippen LogP contribution < -0.4 is 15.5 Å². The highest BCUT2D eigenvalue weighted by Gasteiger charge is 2.23. The summed E-state index contributed by atoms with van der Waals surface area (Å²) in [6.45, 7) is 8.96. The van der Waals surface area contributed by atoms with E-state index in [9.17, 15) is 9.50 Å². The van der Waals surface area contributed by atoms with Gasteiger partial charge in [0.1, 0.15) is 5.82 Å². The second kappa shape index (κ2) is 9.76. The van der Waals surface area contributed by atoms with E-state index in [2.05, 4.69) is 20.5 Å². The van der Waals surface area contributed by atoms with Crippen molar-refractivity contribution < 1.29 is 9.50 Å². The summed E-state index contributed by atoms with van der Waals surface area (Å²) in [4.78, 5) is 6.81. The second-order valence-corrected chi connectivity index (χ2v) is 7.01. The summed E-state index contributed by atoms with van der Waals surface area (Å²) in [5.41, 5.74) is 0.211. The van der Waals surface area contributed by atoms with Gasteiger partial charge >= 0.3 is 0 Å². The van der Waals surface area contributed by atoms with Crippen molar-refractivity contribution in [3.8, 4) is 0 Å². The third-order valence-electron chi connectivity index (χ3n) is 5.20. The molecule has 2 rings (SSSR count). The van der Waals surface area contributed by atoms with Crippen LogP contribution >= 0.6 is 0 Å². The number of anilines is 1. The Balaban J connectivity index is 1.90. The summed E-state index contributed by atoms with van der Waals surface area (Å²) in [5.74, 6) is 0.570. The van der Waals surface area contributed by atoms with Gasteiger partial charge in [-0.3, -0.25) is 4.99 Å². The van der Waals surface area contributed by atoms with Gasteiger partial charge in [0, 0.05) is 31.4 Å². The molecule has 1 fully saturated rings. The smallest absolute Gasteiger partial charge is 0.191 e. The summed E-state index contributed by atoms with van der Waals surface area (Å²) >= 11 is 0. The van der Waals surface area contributed by atoms with Crippen LogP contribution in [0, 0.1) is 5.82 Å². The molecule has 6 heteroatoms. The molecule has 5 nitrogen and oxygen atoms in total. The fraction of sp³-hybridized carbons (Fsp3) is 0.650. The number of rotatable bonds is 7. The van der Waals surface area contributed by atoms with E-state index in [0.29, 0.717) is 25.4 Å². The van der Waals surface area contributed by atoms with Gasteiger partial charge in [-0.05, 0) is 50.8 Å². The van der Waals surface area contributed by atoms with Crippen LogP contribution in [0.3, 0.4) is 0 Å². The van der Waals surface area contributed by atoms with Crippen LogP contribution in [0.4, 0.5) is 10.1 Å². The fourth-order valence-corrected chi connectivity index (χ4v) is 3.17. The van der Waals surface area contributed by atoms with Crippen LogP contribution in [0.1, 0.15) is 46.5 Å². The molecular weight excluding hydrogens is 331 g/mol. The maximum atomic E-state index is 13.4. The van der Waals surface area contributed by atoms with Crippen LogP contribution in [0.15, 0.2) is 29.3 Å². The standard InChI is InChI=1S/C20H33FN4O/c1-4-20(26,5-2)15-23-19(22-6-3)24-17-10-12-25(13-11-17)18-9-7-8-16(21)14-18/h7-9,14,17,26H,4-6,10-13,15H2,1-3H3,(H2,22,23,24). The largest absolute Gasteiger partial charge is 0.388 e. The van der Waals surface area contributed by atoms with Gasteiger partial charge in [-0.25, -0.2) is 4.39 Å². The first-order valence-electron chi connectivity index (χ1n) is 9.77. The van der Waals surface area contributed by atoms with Crippen molar-refractivity contribution in [3.05, 3.63) is 30.1 Å². The normalized spacial score (nSPS) is 16.7. The predicted octanol–water partition coefficient (Wildman–Crippen LogP) is 2.90. The number of hydrogen-bond acceptors (Lipinski definition) is 3. The van der Waals surface area contributed by atoms with E-state index in [1.54, 1.807) is 12.1 Å². The molecule has 26 heavy (non-hydrogen) atoms. The molecule has 1 aliphatic heterocycles. The van der Waals surface area contributed by atoms with Gasteiger partial charge in [0.25, 0.3) is 0 Å². The van der Waals surface area contributed by atoms with Gasteiger partial charge in [0.2, 0.25) is 0 Å². The zero-order valence-electron chi connectivity index (χ0n) is 16.3. The first-order chi connectivity index (χ1) is 12.5. The molecule has 1 saturated heterocycles. The molecule has 0 radical (unpaired) electrons. The number of hydrogen-bond donors (Lipinski definition) is 3. The quantitative estimate of drug-likeness (QED) is 0.514. The molecule has 0 aliphatic carbocycles. The molecule has 0 amide bonds. The predicted molar refractivity (Wildman–Crippen MR) is 106 cm³/mol. The van der Waals surface area contributed by atoms with E-state index in [0.717, 1.165) is 44.1 Å². The maximum absolute atomic E-state index is 13.4. The molecule has 1 heterocycles. The molecule has 0 spiro atoms. The fourth-order valence-electron chi connectivity index (χ4n) is 3.17. The Labute approximate surface area is 156 Å². The van der Waals surface area contributed by atoms with Crippen molar-refractivity contribution in [2.45, 2.75) is 58.1 Å². The van der Waals surface area contributed by atoms with Crippen molar-refractivity contribution in [1.82, 2.24) is 10.6 Å². The number of benzene rings is 1. The maximum Gasteiger partial charge on any atom is 0.191 e. The Hall–Kier alpha value is -1.82. The molecule has 1 aromatic rings. The first kappa shape index (κ1) is 20.5. The third kappa shape index (κ3) is 5.87. The van der Waals surface area contributed by atoms with Crippen molar-refractivity contribution in [3.63, 3.8) is 0 Å². The van der Waals surface area contributed by atoms with Crippen LogP contribution in [-0.4, -0.2) is 48.9 Å². The summed E-state index contributed by atoms with van der Waals surface area (Å²) in [6, 6.07) is 7.11. The van der Waals surface area contributed by atoms with Gasteiger partial charge in [0.05, 0.1) is 12.1 Å². The number of aliphatic hydroxyl groups is 1. The number of nitrogens with one attached hydrogen (secondary N) is 2. The zero-order valence-corrected chi connectivity index (χ0v) is 16.3. The molecule has 3 N–H and O–H groups in total. The van der Waals surface area contributed by atoms with Gasteiger partial charge < -0.3 is 20.6 Å². The Morgan fingerprint density at radius 3 is 2.54 bits per heavy atom. The number of aliphatic imine (C=N–C) groups is 1. The number of halogens is 1. The molecule has 0 atom stereocenters. The van der Waals surface area contributed by atoms with E-state index < -0.39 is 5.60 Å². The van der Waals surface area contributed by atoms with Crippen molar-refractivity contribution in [1.29, 1.82) is 0 Å². The van der Waals surface area contributed by atoms with Gasteiger partial charge in [-0.2, -0.15) is 0 Å². The van der Waals surface area contributed by atoms with Crippen molar-refractivity contribution >= 4 is 11.6 Å². The number of guanidine groups is 1. The van der Waals surface area contributed by atoms with Crippen molar-refractivity contribution in [2.24, 2.45) is 4.99 Å². The topological polar surface area (TPSA) is 59.9 Å². The zero-order chi connectivity index (χ0) is 19.0. The number of piperidine rings is 1. The highest BCUT2D eigenvalue weighted by atomic mass is 19.1. The molecule has 0 aromatic heterocycles. The van der Waals surface area contributed by atoms with Gasteiger partial charge in [0.15, 0.2) is 5.96 Å². The van der Waals surface area contributed by atoms with E-state index in [1.165, 1.54) is 6.07 Å². The highest BCUT2D eigenvalue weighted by Crippen LogP contribution is 2.21. The number of nitrogens with zero attached hydrogens (tertiary/aromatic N) is 2. The van der Waals surface area contributed by atoms with Gasteiger partial charge in [-0.15, -0.1) is 0 Å². The molecule has 1 aromatic carbocycles. The minimum Gasteiger partial charge on any atom is -0.388 e. The Kier molecular flexibility index (Phi) is 7.69. The van der Waals surface area contributed by atoms with E-state index in [-0.39, 0.29) is 5.82 Å². The summed E-state index contributed by atoms with van der Waals surface area (Å²) in [5, 5.41) is 17.2. The minimum absolute atomic E-state index is 0.191. The lowest BCUT2D eigenvalue weighted by Crippen LogP contribution is -2.49. The average Bonchev–Trinajstić information content (AvgIpc) is 2.66. The summed E-state index contributed by atoms with van der Waals surface area (Å²) in [6.07, 6.45) is 3.32. The minimum atomic E-state index is -0.733. The summed E-state index contributed by atoms with van der Waals surface area (Å²) in [7, 11) is 0. The van der Waals surface area contributed by atoms with Gasteiger partial charge in [-0.1, -0.05) is 19.9 Å². The van der Waals surface area contributed by atoms with Crippen LogP contribution in [0.25, 0.3) is 0 Å². The third-order valence-corrected chi connectivity index (χ3v) is 5.20. The van der Waals surface area contributed by atoms with E-state index in [4.69, 9.17) is 0 Å². The lowest BCUT2D eigenvalue weighted by molar-refractivity contribution is 0.0417. The molecule has 146 valence electrons. The summed E-state index contributed by atoms with van der Waals surface area (Å²) < 4.78 is 13.4. The molecule has 0 unspecified atom stereocenters. The monoisotopic (exact) mass is 364 g/mol. The second-order valence-electron chi connectivity index (χ2n) is 7.01. The van der Waals surface area contributed by atoms with Crippen LogP contribution in [-0.2, 0) is 0 Å². The lowest BCUT2D eigenvalue weighted by Gasteiger charge is -2.34. The molecule has 0 saturated carbocycles. The lowest BCUT2D eigenvalue weighted by atomic mass is 9.98. The SMILES string of the molecule is CCNC(=NCC(O)(CC)CC)NC1CCN(c2cccc(F)c2)CC1. The molecule has 0 bridgehead atoms. The Morgan fingerprint density at radius 2 is 1.96 bits per heavy atom. The van der Waals surface area contributed by atoms with E-state index in [1.807, 2.05) is 26.8 Å². The Morgan fingerprint density at radius 1 is 1.27 bits per heavy atom.